The molecule has 8 nitrogen and oxygen atoms in total. The van der Waals surface area contributed by atoms with Crippen LogP contribution in [0, 0.1) is 19.3 Å². The van der Waals surface area contributed by atoms with Crippen LogP contribution in [0.2, 0.25) is 0 Å². The SMILES string of the molecule is Cc1noc(-c2ccc(S(=O)(=O)N3CCC4(CCNC(=O)CC4)CC3)o2)c1C. The Bertz CT molecular complexity index is 983. The third kappa shape index (κ3) is 3.37. The highest BCUT2D eigenvalue weighted by Gasteiger charge is 2.40. The van der Waals surface area contributed by atoms with Crippen molar-refractivity contribution in [1.82, 2.24) is 14.8 Å². The first-order chi connectivity index (χ1) is 13.3. The number of aromatic nitrogens is 1. The van der Waals surface area contributed by atoms with E-state index in [-0.39, 0.29) is 16.4 Å². The summed E-state index contributed by atoms with van der Waals surface area (Å²) in [5.74, 6) is 0.902. The number of amides is 1. The van der Waals surface area contributed by atoms with Crippen molar-refractivity contribution in [3.05, 3.63) is 23.4 Å². The largest absolute Gasteiger partial charge is 0.440 e. The normalized spacial score (nSPS) is 20.9. The van der Waals surface area contributed by atoms with Gasteiger partial charge < -0.3 is 14.3 Å². The number of hydrogen-bond donors (Lipinski definition) is 1. The molecule has 4 rings (SSSR count). The van der Waals surface area contributed by atoms with Gasteiger partial charge in [-0.15, -0.1) is 0 Å². The average Bonchev–Trinajstić information content (AvgIpc) is 3.24. The van der Waals surface area contributed by atoms with Crippen LogP contribution in [0.15, 0.2) is 26.2 Å². The van der Waals surface area contributed by atoms with E-state index in [9.17, 15) is 13.2 Å². The van der Waals surface area contributed by atoms with Gasteiger partial charge in [-0.3, -0.25) is 4.79 Å². The minimum Gasteiger partial charge on any atom is -0.440 e. The van der Waals surface area contributed by atoms with Crippen LogP contribution in [0.25, 0.3) is 11.5 Å². The highest BCUT2D eigenvalue weighted by molar-refractivity contribution is 7.89. The molecule has 2 aromatic heterocycles. The summed E-state index contributed by atoms with van der Waals surface area (Å²) in [6, 6.07) is 3.08. The van der Waals surface area contributed by atoms with E-state index < -0.39 is 10.0 Å². The molecule has 0 saturated carbocycles. The molecule has 0 aromatic carbocycles. The Morgan fingerprint density at radius 1 is 1.14 bits per heavy atom. The van der Waals surface area contributed by atoms with E-state index in [4.69, 9.17) is 8.94 Å². The molecule has 0 aliphatic carbocycles. The summed E-state index contributed by atoms with van der Waals surface area (Å²) in [4.78, 5) is 11.6. The van der Waals surface area contributed by atoms with E-state index in [0.29, 0.717) is 37.6 Å². The fourth-order valence-electron chi connectivity index (χ4n) is 4.11. The van der Waals surface area contributed by atoms with Gasteiger partial charge in [0.05, 0.1) is 5.69 Å². The zero-order valence-electron chi connectivity index (χ0n) is 16.2. The molecule has 0 unspecified atom stereocenters. The predicted molar refractivity (Wildman–Crippen MR) is 101 cm³/mol. The lowest BCUT2D eigenvalue weighted by Crippen LogP contribution is -2.43. The van der Waals surface area contributed by atoms with Gasteiger partial charge in [0.1, 0.15) is 0 Å². The van der Waals surface area contributed by atoms with Crippen molar-refractivity contribution in [2.24, 2.45) is 5.41 Å². The third-order valence-electron chi connectivity index (χ3n) is 6.20. The Hall–Kier alpha value is -2.13. The Balaban J connectivity index is 1.49. The van der Waals surface area contributed by atoms with Crippen LogP contribution in [0.1, 0.15) is 43.4 Å². The quantitative estimate of drug-likeness (QED) is 0.838. The lowest BCUT2D eigenvalue weighted by molar-refractivity contribution is -0.120. The molecule has 1 N–H and O–H groups in total. The second-order valence-electron chi connectivity index (χ2n) is 7.84. The van der Waals surface area contributed by atoms with Gasteiger partial charge in [0.2, 0.25) is 16.8 Å². The summed E-state index contributed by atoms with van der Waals surface area (Å²) < 4.78 is 38.4. The van der Waals surface area contributed by atoms with Crippen molar-refractivity contribution in [2.75, 3.05) is 19.6 Å². The van der Waals surface area contributed by atoms with Crippen molar-refractivity contribution < 1.29 is 22.2 Å². The van der Waals surface area contributed by atoms with Gasteiger partial charge in [-0.05, 0) is 57.1 Å². The summed E-state index contributed by atoms with van der Waals surface area (Å²) in [5.41, 5.74) is 1.62. The van der Waals surface area contributed by atoms with Crippen LogP contribution >= 0.6 is 0 Å². The maximum absolute atomic E-state index is 13.0. The van der Waals surface area contributed by atoms with Gasteiger partial charge >= 0.3 is 0 Å². The number of carbonyl (C=O) groups excluding carboxylic acids is 1. The van der Waals surface area contributed by atoms with E-state index in [1.54, 1.807) is 6.07 Å². The molecule has 2 aromatic rings. The molecular formula is C19H25N3O5S. The highest BCUT2D eigenvalue weighted by atomic mass is 32.2. The molecule has 28 heavy (non-hydrogen) atoms. The van der Waals surface area contributed by atoms with Gasteiger partial charge in [-0.2, -0.15) is 4.31 Å². The average molecular weight is 407 g/mol. The first-order valence-corrected chi connectivity index (χ1v) is 11.0. The number of rotatable bonds is 3. The summed E-state index contributed by atoms with van der Waals surface area (Å²) in [6.07, 6.45) is 3.76. The molecule has 4 heterocycles. The van der Waals surface area contributed by atoms with E-state index >= 15 is 0 Å². The van der Waals surface area contributed by atoms with Crippen LogP contribution < -0.4 is 5.32 Å². The molecule has 0 bridgehead atoms. The molecule has 2 aliphatic rings. The number of sulfonamides is 1. The number of aryl methyl sites for hydroxylation is 1. The van der Waals surface area contributed by atoms with Crippen molar-refractivity contribution in [2.45, 2.75) is 51.0 Å². The number of hydrogen-bond acceptors (Lipinski definition) is 6. The Morgan fingerprint density at radius 3 is 2.57 bits per heavy atom. The summed E-state index contributed by atoms with van der Waals surface area (Å²) in [7, 11) is -3.71. The molecule has 2 aliphatic heterocycles. The molecule has 1 spiro atoms. The first-order valence-electron chi connectivity index (χ1n) is 9.61. The first kappa shape index (κ1) is 19.2. The van der Waals surface area contributed by atoms with Gasteiger partial charge in [0.15, 0.2) is 5.76 Å². The highest BCUT2D eigenvalue weighted by Crippen LogP contribution is 2.41. The van der Waals surface area contributed by atoms with Gasteiger partial charge in [0, 0.05) is 31.6 Å². The zero-order valence-corrected chi connectivity index (χ0v) is 17.0. The van der Waals surface area contributed by atoms with Crippen molar-refractivity contribution >= 4 is 15.9 Å². The van der Waals surface area contributed by atoms with Gasteiger partial charge in [0.25, 0.3) is 10.0 Å². The van der Waals surface area contributed by atoms with E-state index in [0.717, 1.165) is 36.9 Å². The van der Waals surface area contributed by atoms with Crippen molar-refractivity contribution in [3.8, 4) is 11.5 Å². The van der Waals surface area contributed by atoms with Crippen LogP contribution in [0.4, 0.5) is 0 Å². The third-order valence-corrected chi connectivity index (χ3v) is 7.97. The lowest BCUT2D eigenvalue weighted by Gasteiger charge is -2.40. The summed E-state index contributed by atoms with van der Waals surface area (Å²) in [6.45, 7) is 5.22. The standard InChI is InChI=1S/C19H25N3O5S/c1-13-14(2)21-27-18(13)15-3-4-17(26-15)28(24,25)22-11-8-19(9-12-22)6-5-16(23)20-10-7-19/h3-4H,5-12H2,1-2H3,(H,20,23). The predicted octanol–water partition coefficient (Wildman–Crippen LogP) is 2.62. The minimum atomic E-state index is -3.71. The van der Waals surface area contributed by atoms with Crippen molar-refractivity contribution in [1.29, 1.82) is 0 Å². The second-order valence-corrected chi connectivity index (χ2v) is 9.71. The number of nitrogens with zero attached hydrogens (tertiary/aromatic N) is 2. The molecule has 0 radical (unpaired) electrons. The Morgan fingerprint density at radius 2 is 1.89 bits per heavy atom. The molecule has 0 atom stereocenters. The number of nitrogens with one attached hydrogen (secondary N) is 1. The van der Waals surface area contributed by atoms with Gasteiger partial charge in [-0.25, -0.2) is 8.42 Å². The molecule has 2 fully saturated rings. The zero-order chi connectivity index (χ0) is 19.9. The van der Waals surface area contributed by atoms with Crippen LogP contribution in [-0.4, -0.2) is 43.4 Å². The fourth-order valence-corrected chi connectivity index (χ4v) is 5.47. The molecule has 152 valence electrons. The monoisotopic (exact) mass is 407 g/mol. The van der Waals surface area contributed by atoms with E-state index in [1.807, 2.05) is 13.8 Å². The maximum Gasteiger partial charge on any atom is 0.276 e. The van der Waals surface area contributed by atoms with Crippen LogP contribution in [0.5, 0.6) is 0 Å². The smallest absolute Gasteiger partial charge is 0.276 e. The number of furan rings is 1. The Labute approximate surface area is 164 Å². The number of piperidine rings is 1. The minimum absolute atomic E-state index is 0.0496. The lowest BCUT2D eigenvalue weighted by atomic mass is 9.73. The molecule has 9 heteroatoms. The molecular weight excluding hydrogens is 382 g/mol. The topological polar surface area (TPSA) is 106 Å². The Kier molecular flexibility index (Phi) is 4.83. The van der Waals surface area contributed by atoms with Gasteiger partial charge in [-0.1, -0.05) is 5.16 Å². The number of carbonyl (C=O) groups is 1. The second kappa shape index (κ2) is 7.04. The van der Waals surface area contributed by atoms with Crippen LogP contribution in [-0.2, 0) is 14.8 Å². The molecule has 2 saturated heterocycles. The summed E-state index contributed by atoms with van der Waals surface area (Å²) in [5, 5.41) is 6.72. The van der Waals surface area contributed by atoms with Crippen LogP contribution in [0.3, 0.4) is 0 Å². The van der Waals surface area contributed by atoms with E-state index in [1.165, 1.54) is 10.4 Å². The molecule has 1 amide bonds. The fraction of sp³-hybridized carbons (Fsp3) is 0.579. The maximum atomic E-state index is 13.0. The van der Waals surface area contributed by atoms with Crippen molar-refractivity contribution in [3.63, 3.8) is 0 Å². The summed E-state index contributed by atoms with van der Waals surface area (Å²) >= 11 is 0. The van der Waals surface area contributed by atoms with E-state index in [2.05, 4.69) is 10.5 Å².